The molecule has 0 atom stereocenters. The maximum Gasteiger partial charge on any atom is 0.251 e. The number of benzene rings is 3. The van der Waals surface area contributed by atoms with Crippen molar-refractivity contribution in [1.82, 2.24) is 5.32 Å². The number of anilines is 1. The molecular weight excluding hydrogens is 448 g/mol. The van der Waals surface area contributed by atoms with Gasteiger partial charge in [-0.05, 0) is 79.3 Å². The Kier molecular flexibility index (Phi) is 8.34. The second-order valence-corrected chi connectivity index (χ2v) is 10.4. The van der Waals surface area contributed by atoms with Crippen molar-refractivity contribution in [2.75, 3.05) is 24.2 Å². The van der Waals surface area contributed by atoms with Crippen LogP contribution in [0.15, 0.2) is 66.7 Å². The normalized spacial score (nSPS) is 11.2. The topological polar surface area (TPSA) is 75.7 Å². The average molecular weight is 481 g/mol. The average Bonchev–Trinajstić information content (AvgIpc) is 2.82. The van der Waals surface area contributed by atoms with Gasteiger partial charge >= 0.3 is 0 Å². The summed E-state index contributed by atoms with van der Waals surface area (Å²) in [5.74, 6) is 0.685. The van der Waals surface area contributed by atoms with E-state index in [0.29, 0.717) is 17.8 Å². The molecule has 0 heterocycles. The summed E-state index contributed by atoms with van der Waals surface area (Å²) in [4.78, 5) is 12.5. The molecule has 0 aromatic heterocycles. The van der Waals surface area contributed by atoms with Gasteiger partial charge in [-0.15, -0.1) is 0 Å². The zero-order valence-corrected chi connectivity index (χ0v) is 21.0. The van der Waals surface area contributed by atoms with Crippen molar-refractivity contribution in [2.24, 2.45) is 0 Å². The summed E-state index contributed by atoms with van der Waals surface area (Å²) in [6.45, 7) is 4.61. The molecule has 3 aromatic carbocycles. The van der Waals surface area contributed by atoms with Crippen LogP contribution in [0.2, 0.25) is 0 Å². The zero-order chi connectivity index (χ0) is 24.7. The van der Waals surface area contributed by atoms with Crippen molar-refractivity contribution in [2.45, 2.75) is 33.2 Å². The van der Waals surface area contributed by atoms with Gasteiger partial charge in [0.25, 0.3) is 5.91 Å². The van der Waals surface area contributed by atoms with E-state index < -0.39 is 10.0 Å². The predicted octanol–water partition coefficient (Wildman–Crippen LogP) is 4.64. The highest BCUT2D eigenvalue weighted by Gasteiger charge is 2.20. The molecule has 0 aliphatic heterocycles. The molecule has 0 saturated carbocycles. The number of ether oxygens (including phenoxy) is 1. The van der Waals surface area contributed by atoms with E-state index in [4.69, 9.17) is 4.74 Å². The third-order valence-electron chi connectivity index (χ3n) is 5.66. The van der Waals surface area contributed by atoms with Crippen LogP contribution in [0.1, 0.15) is 39.0 Å². The largest absolute Gasteiger partial charge is 0.497 e. The second kappa shape index (κ2) is 11.2. The quantitative estimate of drug-likeness (QED) is 0.429. The first-order chi connectivity index (χ1) is 16.2. The lowest BCUT2D eigenvalue weighted by molar-refractivity contribution is 0.0953. The molecular formula is C27H32N2O4S. The summed E-state index contributed by atoms with van der Waals surface area (Å²) in [7, 11) is -1.83. The van der Waals surface area contributed by atoms with Gasteiger partial charge in [-0.1, -0.05) is 36.4 Å². The van der Waals surface area contributed by atoms with E-state index in [1.807, 2.05) is 56.3 Å². The molecule has 3 aromatic rings. The number of carbonyl (C=O) groups is 1. The van der Waals surface area contributed by atoms with Gasteiger partial charge < -0.3 is 10.1 Å². The van der Waals surface area contributed by atoms with Crippen LogP contribution in [0.5, 0.6) is 5.75 Å². The molecule has 6 nitrogen and oxygen atoms in total. The summed E-state index contributed by atoms with van der Waals surface area (Å²) < 4.78 is 31.6. The molecule has 0 aliphatic carbocycles. The molecule has 0 radical (unpaired) electrons. The Morgan fingerprint density at radius 2 is 1.59 bits per heavy atom. The molecule has 0 spiro atoms. The molecule has 1 N–H and O–H groups in total. The fourth-order valence-corrected chi connectivity index (χ4v) is 4.62. The molecule has 7 heteroatoms. The number of amides is 1. The number of rotatable bonds is 10. The Labute approximate surface area is 202 Å². The Balaban J connectivity index is 1.58. The van der Waals surface area contributed by atoms with E-state index in [0.717, 1.165) is 35.3 Å². The zero-order valence-electron chi connectivity index (χ0n) is 20.2. The number of nitrogens with zero attached hydrogens (tertiary/aromatic N) is 1. The van der Waals surface area contributed by atoms with Crippen LogP contribution in [-0.4, -0.2) is 34.2 Å². The van der Waals surface area contributed by atoms with Gasteiger partial charge in [0.05, 0.1) is 25.6 Å². The minimum atomic E-state index is -3.48. The molecule has 180 valence electrons. The van der Waals surface area contributed by atoms with E-state index in [1.54, 1.807) is 31.4 Å². The summed E-state index contributed by atoms with van der Waals surface area (Å²) in [6.07, 6.45) is 2.90. The predicted molar refractivity (Wildman–Crippen MR) is 137 cm³/mol. The smallest absolute Gasteiger partial charge is 0.251 e. The third-order valence-corrected chi connectivity index (χ3v) is 6.79. The first kappa shape index (κ1) is 25.3. The van der Waals surface area contributed by atoms with Gasteiger partial charge in [-0.25, -0.2) is 8.42 Å². The van der Waals surface area contributed by atoms with Crippen molar-refractivity contribution in [3.05, 3.63) is 94.5 Å². The Morgan fingerprint density at radius 3 is 2.21 bits per heavy atom. The van der Waals surface area contributed by atoms with Crippen LogP contribution in [0, 0.1) is 13.8 Å². The van der Waals surface area contributed by atoms with Gasteiger partial charge in [-0.3, -0.25) is 9.10 Å². The number of hydrogen-bond donors (Lipinski definition) is 1. The molecule has 3 rings (SSSR count). The number of carbonyl (C=O) groups excluding carboxylic acids is 1. The van der Waals surface area contributed by atoms with E-state index in [-0.39, 0.29) is 12.5 Å². The van der Waals surface area contributed by atoms with E-state index >= 15 is 0 Å². The Hall–Kier alpha value is -3.32. The van der Waals surface area contributed by atoms with Crippen molar-refractivity contribution in [3.8, 4) is 5.75 Å². The van der Waals surface area contributed by atoms with E-state index in [2.05, 4.69) is 5.32 Å². The second-order valence-electron chi connectivity index (χ2n) is 8.46. The van der Waals surface area contributed by atoms with Gasteiger partial charge in [0.15, 0.2) is 0 Å². The number of hydrogen-bond acceptors (Lipinski definition) is 4. The lowest BCUT2D eigenvalue weighted by atomic mass is 10.1. The van der Waals surface area contributed by atoms with Crippen molar-refractivity contribution in [3.63, 3.8) is 0 Å². The first-order valence-corrected chi connectivity index (χ1v) is 13.1. The lowest BCUT2D eigenvalue weighted by Crippen LogP contribution is -2.30. The van der Waals surface area contributed by atoms with Crippen LogP contribution in [0.3, 0.4) is 0 Å². The summed E-state index contributed by atoms with van der Waals surface area (Å²) in [6, 6.07) is 20.7. The fraction of sp³-hybridized carbons (Fsp3) is 0.296. The highest BCUT2D eigenvalue weighted by molar-refractivity contribution is 7.92. The van der Waals surface area contributed by atoms with Crippen LogP contribution in [0.25, 0.3) is 0 Å². The summed E-state index contributed by atoms with van der Waals surface area (Å²) in [5.41, 5.74) is 5.10. The monoisotopic (exact) mass is 480 g/mol. The molecule has 0 aliphatic rings. The van der Waals surface area contributed by atoms with E-state index in [1.165, 1.54) is 16.1 Å². The highest BCUT2D eigenvalue weighted by Crippen LogP contribution is 2.26. The van der Waals surface area contributed by atoms with Gasteiger partial charge in [0, 0.05) is 12.1 Å². The SMILES string of the molecule is COc1ccc(CCCNC(=O)c2ccc(CN(c3cc(C)ccc3C)S(C)(=O)=O)cc2)cc1. The van der Waals surface area contributed by atoms with Crippen LogP contribution in [-0.2, 0) is 23.0 Å². The number of aryl methyl sites for hydroxylation is 3. The molecule has 0 unspecified atom stereocenters. The minimum absolute atomic E-state index is 0.143. The lowest BCUT2D eigenvalue weighted by Gasteiger charge is -2.25. The number of methoxy groups -OCH3 is 1. The van der Waals surface area contributed by atoms with Crippen LogP contribution >= 0.6 is 0 Å². The van der Waals surface area contributed by atoms with Crippen molar-refractivity contribution >= 4 is 21.6 Å². The number of nitrogens with one attached hydrogen (secondary N) is 1. The molecule has 1 amide bonds. The summed E-state index contributed by atoms with van der Waals surface area (Å²) >= 11 is 0. The minimum Gasteiger partial charge on any atom is -0.497 e. The van der Waals surface area contributed by atoms with Gasteiger partial charge in [0.1, 0.15) is 5.75 Å². The summed E-state index contributed by atoms with van der Waals surface area (Å²) in [5, 5.41) is 2.95. The highest BCUT2D eigenvalue weighted by atomic mass is 32.2. The van der Waals surface area contributed by atoms with Crippen LogP contribution < -0.4 is 14.4 Å². The Bertz CT molecular complexity index is 1220. The van der Waals surface area contributed by atoms with Gasteiger partial charge in [0.2, 0.25) is 10.0 Å². The fourth-order valence-electron chi connectivity index (χ4n) is 3.69. The Morgan fingerprint density at radius 1 is 0.941 bits per heavy atom. The first-order valence-electron chi connectivity index (χ1n) is 11.2. The maximum atomic E-state index is 12.5. The molecule has 0 bridgehead atoms. The van der Waals surface area contributed by atoms with E-state index in [9.17, 15) is 13.2 Å². The van der Waals surface area contributed by atoms with Gasteiger partial charge in [-0.2, -0.15) is 0 Å². The molecule has 0 saturated heterocycles. The van der Waals surface area contributed by atoms with Crippen molar-refractivity contribution in [1.29, 1.82) is 0 Å². The standard InChI is InChI=1S/C27H32N2O4S/c1-20-7-8-21(2)26(18-20)29(34(4,31)32)19-23-9-13-24(14-10-23)27(30)28-17-5-6-22-11-15-25(33-3)16-12-22/h7-16,18H,5-6,17,19H2,1-4H3,(H,28,30). The van der Waals surface area contributed by atoms with Crippen molar-refractivity contribution < 1.29 is 17.9 Å². The molecule has 34 heavy (non-hydrogen) atoms. The third kappa shape index (κ3) is 6.84. The maximum absolute atomic E-state index is 12.5. The number of sulfonamides is 1. The van der Waals surface area contributed by atoms with Crippen LogP contribution in [0.4, 0.5) is 5.69 Å². The molecule has 0 fully saturated rings.